The molecule has 36 heavy (non-hydrogen) atoms. The molecular weight excluding hydrogens is 494 g/mol. The monoisotopic (exact) mass is 531 g/mol. The van der Waals surface area contributed by atoms with Gasteiger partial charge in [0.25, 0.3) is 8.32 Å². The van der Waals surface area contributed by atoms with E-state index in [2.05, 4.69) is 39.2 Å². The minimum atomic E-state index is -2.18. The number of fused-ring (bicyclic) bond motifs is 3. The van der Waals surface area contributed by atoms with Crippen LogP contribution in [0.2, 0.25) is 18.1 Å². The number of nitrogens with one attached hydrogen (secondary N) is 1. The van der Waals surface area contributed by atoms with E-state index in [-0.39, 0.29) is 10.5 Å². The third kappa shape index (κ3) is 5.37. The lowest BCUT2D eigenvalue weighted by Crippen LogP contribution is -2.44. The van der Waals surface area contributed by atoms with Crippen molar-refractivity contribution in [2.75, 3.05) is 27.6 Å². The molecular formula is C27H37NO6SSi. The zero-order valence-electron chi connectivity index (χ0n) is 22.7. The van der Waals surface area contributed by atoms with E-state index in [4.69, 9.17) is 18.6 Å². The number of benzene rings is 1. The standard InChI is InChI=1S/C27H37NO6SSi/c1-27(2,3)36(8,9)34-21-14-16-10-12-19(28-26(30)33-6)18-15-20(29)22(35-7)13-11-17(18)23(16)25(32-5)24(21)31-4/h11,13-15,19H,10,12H2,1-9H3,(H,28,30). The molecule has 0 bridgehead atoms. The molecule has 1 unspecified atom stereocenters. The lowest BCUT2D eigenvalue weighted by atomic mass is 9.95. The van der Waals surface area contributed by atoms with Crippen molar-refractivity contribution in [1.82, 2.24) is 5.32 Å². The summed E-state index contributed by atoms with van der Waals surface area (Å²) in [6.07, 6.45) is 2.52. The van der Waals surface area contributed by atoms with E-state index in [0.29, 0.717) is 40.5 Å². The number of hydrogen-bond acceptors (Lipinski definition) is 7. The molecule has 0 spiro atoms. The number of rotatable bonds is 6. The van der Waals surface area contributed by atoms with Crippen molar-refractivity contribution in [2.24, 2.45) is 0 Å². The van der Waals surface area contributed by atoms with E-state index in [1.54, 1.807) is 20.3 Å². The van der Waals surface area contributed by atoms with Crippen LogP contribution in [-0.2, 0) is 11.2 Å². The van der Waals surface area contributed by atoms with Crippen molar-refractivity contribution in [2.45, 2.75) is 62.7 Å². The largest absolute Gasteiger partial charge is 0.541 e. The zero-order chi connectivity index (χ0) is 26.8. The molecule has 0 aromatic heterocycles. The van der Waals surface area contributed by atoms with E-state index >= 15 is 0 Å². The van der Waals surface area contributed by atoms with Crippen LogP contribution in [0.5, 0.6) is 17.2 Å². The van der Waals surface area contributed by atoms with Crippen LogP contribution in [-0.4, -0.2) is 42.0 Å². The summed E-state index contributed by atoms with van der Waals surface area (Å²) in [6.45, 7) is 11.0. The molecule has 1 N–H and O–H groups in total. The molecule has 1 atom stereocenters. The second kappa shape index (κ2) is 10.8. The van der Waals surface area contributed by atoms with Crippen LogP contribution in [0.3, 0.4) is 0 Å². The number of amides is 1. The molecule has 0 aliphatic heterocycles. The van der Waals surface area contributed by atoms with Crippen LogP contribution >= 0.6 is 11.8 Å². The topological polar surface area (TPSA) is 83.1 Å². The minimum Gasteiger partial charge on any atom is -0.541 e. The second-order valence-electron chi connectivity index (χ2n) is 10.3. The molecule has 1 aliphatic rings. The van der Waals surface area contributed by atoms with Gasteiger partial charge in [-0.2, -0.15) is 0 Å². The van der Waals surface area contributed by atoms with Gasteiger partial charge in [0, 0.05) is 5.56 Å². The Kier molecular flexibility index (Phi) is 8.35. The molecule has 2 aromatic rings. The van der Waals surface area contributed by atoms with Crippen LogP contribution in [0.15, 0.2) is 34.0 Å². The highest BCUT2D eigenvalue weighted by atomic mass is 32.2. The highest BCUT2D eigenvalue weighted by Gasteiger charge is 2.40. The predicted molar refractivity (Wildman–Crippen MR) is 147 cm³/mol. The third-order valence-electron chi connectivity index (χ3n) is 7.15. The maximum atomic E-state index is 13.0. The van der Waals surface area contributed by atoms with Crippen LogP contribution in [0.25, 0.3) is 11.1 Å². The van der Waals surface area contributed by atoms with Gasteiger partial charge in [-0.25, -0.2) is 4.79 Å². The van der Waals surface area contributed by atoms with Gasteiger partial charge in [0.1, 0.15) is 0 Å². The fourth-order valence-corrected chi connectivity index (χ4v) is 5.64. The molecule has 1 aliphatic carbocycles. The van der Waals surface area contributed by atoms with E-state index < -0.39 is 20.5 Å². The summed E-state index contributed by atoms with van der Waals surface area (Å²) < 4.78 is 23.4. The van der Waals surface area contributed by atoms with Gasteiger partial charge in [0.05, 0.1) is 32.3 Å². The normalized spacial score (nSPS) is 15.2. The molecule has 1 amide bonds. The number of carbonyl (C=O) groups is 1. The molecule has 0 heterocycles. The average Bonchev–Trinajstić information content (AvgIpc) is 3.05. The van der Waals surface area contributed by atoms with Crippen LogP contribution in [0.4, 0.5) is 4.79 Å². The first-order valence-electron chi connectivity index (χ1n) is 11.9. The van der Waals surface area contributed by atoms with Gasteiger partial charge in [-0.1, -0.05) is 26.8 Å². The number of thioether (sulfide) groups is 1. The fourth-order valence-electron chi connectivity index (χ4n) is 4.17. The van der Waals surface area contributed by atoms with Gasteiger partial charge in [-0.3, -0.25) is 4.79 Å². The number of ether oxygens (including phenoxy) is 3. The van der Waals surface area contributed by atoms with Gasteiger partial charge in [-0.05, 0) is 72.1 Å². The third-order valence-corrected chi connectivity index (χ3v) is 12.3. The molecule has 0 saturated heterocycles. The molecule has 3 rings (SSSR count). The summed E-state index contributed by atoms with van der Waals surface area (Å²) in [4.78, 5) is 25.8. The van der Waals surface area contributed by atoms with Crippen molar-refractivity contribution in [3.63, 3.8) is 0 Å². The Balaban J connectivity index is 2.35. The number of hydrogen-bond donors (Lipinski definition) is 1. The summed E-state index contributed by atoms with van der Waals surface area (Å²) in [6, 6.07) is 6.97. The van der Waals surface area contributed by atoms with Gasteiger partial charge in [0.15, 0.2) is 16.9 Å². The first kappa shape index (κ1) is 27.9. The van der Waals surface area contributed by atoms with Crippen molar-refractivity contribution in [3.05, 3.63) is 45.6 Å². The van der Waals surface area contributed by atoms with Crippen molar-refractivity contribution >= 4 is 26.2 Å². The number of carbonyl (C=O) groups excluding carboxylic acids is 1. The Morgan fingerprint density at radius 3 is 2.31 bits per heavy atom. The first-order chi connectivity index (χ1) is 16.9. The lowest BCUT2D eigenvalue weighted by Gasteiger charge is -2.37. The Hall–Kier alpha value is -2.65. The molecule has 0 fully saturated rings. The SMILES string of the molecule is COC(=O)NC1CCc2cc(O[Si](C)(C)C(C)(C)C)c(OC)c(OC)c2-c2ccc(SC)c(=O)cc21. The van der Waals surface area contributed by atoms with Crippen molar-refractivity contribution in [3.8, 4) is 28.4 Å². The van der Waals surface area contributed by atoms with Gasteiger partial charge >= 0.3 is 6.09 Å². The number of aryl methyl sites for hydroxylation is 1. The van der Waals surface area contributed by atoms with E-state index in [9.17, 15) is 9.59 Å². The van der Waals surface area contributed by atoms with E-state index in [1.807, 2.05) is 24.5 Å². The van der Waals surface area contributed by atoms with Crippen LogP contribution < -0.4 is 24.6 Å². The van der Waals surface area contributed by atoms with Gasteiger partial charge < -0.3 is 24.0 Å². The summed E-state index contributed by atoms with van der Waals surface area (Å²) in [5.74, 6) is 1.72. The summed E-state index contributed by atoms with van der Waals surface area (Å²) in [5, 5.41) is 2.91. The molecule has 7 nitrogen and oxygen atoms in total. The Morgan fingerprint density at radius 2 is 1.75 bits per heavy atom. The molecule has 2 aromatic carbocycles. The van der Waals surface area contributed by atoms with Gasteiger partial charge in [0.2, 0.25) is 5.75 Å². The predicted octanol–water partition coefficient (Wildman–Crippen LogP) is 6.18. The first-order valence-corrected chi connectivity index (χ1v) is 16.1. The summed E-state index contributed by atoms with van der Waals surface area (Å²) >= 11 is 1.39. The van der Waals surface area contributed by atoms with E-state index in [0.717, 1.165) is 16.7 Å². The molecule has 0 radical (unpaired) electrons. The Morgan fingerprint density at radius 1 is 1.08 bits per heavy atom. The molecule has 0 saturated carbocycles. The maximum Gasteiger partial charge on any atom is 0.407 e. The summed E-state index contributed by atoms with van der Waals surface area (Å²) in [5.41, 5.74) is 3.25. The average molecular weight is 532 g/mol. The van der Waals surface area contributed by atoms with E-state index in [1.165, 1.54) is 18.9 Å². The highest BCUT2D eigenvalue weighted by molar-refractivity contribution is 7.98. The molecule has 9 heteroatoms. The lowest BCUT2D eigenvalue weighted by molar-refractivity contribution is 0.166. The smallest absolute Gasteiger partial charge is 0.407 e. The van der Waals surface area contributed by atoms with Crippen molar-refractivity contribution in [1.29, 1.82) is 0 Å². The van der Waals surface area contributed by atoms with Crippen LogP contribution in [0, 0.1) is 0 Å². The minimum absolute atomic E-state index is 0.00728. The number of methoxy groups -OCH3 is 3. The molecule has 196 valence electrons. The Labute approximate surface area is 219 Å². The quantitative estimate of drug-likeness (QED) is 0.352. The fraction of sp³-hybridized carbons (Fsp3) is 0.481. The van der Waals surface area contributed by atoms with Gasteiger partial charge in [-0.15, -0.1) is 11.8 Å². The number of alkyl carbamates (subject to hydrolysis) is 1. The zero-order valence-corrected chi connectivity index (χ0v) is 24.5. The summed E-state index contributed by atoms with van der Waals surface area (Å²) in [7, 11) is 2.36. The highest BCUT2D eigenvalue weighted by Crippen LogP contribution is 2.51. The Bertz CT molecular complexity index is 1210. The second-order valence-corrected chi connectivity index (χ2v) is 15.9. The van der Waals surface area contributed by atoms with Crippen LogP contribution in [0.1, 0.15) is 44.4 Å². The maximum absolute atomic E-state index is 13.0. The van der Waals surface area contributed by atoms with Crippen molar-refractivity contribution < 1.29 is 23.4 Å².